The highest BCUT2D eigenvalue weighted by Gasteiger charge is 2.49. The van der Waals surface area contributed by atoms with Gasteiger partial charge in [0.1, 0.15) is 0 Å². The van der Waals surface area contributed by atoms with Crippen LogP contribution in [0.25, 0.3) is 0 Å². The van der Waals surface area contributed by atoms with E-state index in [1.54, 1.807) is 18.4 Å². The molecule has 0 aromatic carbocycles. The normalized spacial score (nSPS) is 33.2. The van der Waals surface area contributed by atoms with Crippen molar-refractivity contribution in [3.8, 4) is 0 Å². The van der Waals surface area contributed by atoms with E-state index >= 15 is 0 Å². The quantitative estimate of drug-likeness (QED) is 0.835. The average Bonchev–Trinajstić information content (AvgIpc) is 3.00. The van der Waals surface area contributed by atoms with E-state index in [-0.39, 0.29) is 11.3 Å². The highest BCUT2D eigenvalue weighted by molar-refractivity contribution is 7.12. The number of rotatable bonds is 2. The maximum atomic E-state index is 12.8. The van der Waals surface area contributed by atoms with Gasteiger partial charge in [0.15, 0.2) is 0 Å². The van der Waals surface area contributed by atoms with Crippen molar-refractivity contribution < 1.29 is 9.53 Å². The van der Waals surface area contributed by atoms with E-state index in [0.717, 1.165) is 42.7 Å². The van der Waals surface area contributed by atoms with Crippen LogP contribution in [0.2, 0.25) is 0 Å². The fourth-order valence-corrected chi connectivity index (χ4v) is 4.83. The summed E-state index contributed by atoms with van der Waals surface area (Å²) in [5.41, 5.74) is 1.35. The number of ether oxygens (including phenoxy) is 1. The van der Waals surface area contributed by atoms with Crippen LogP contribution >= 0.6 is 11.3 Å². The second kappa shape index (κ2) is 5.15. The monoisotopic (exact) mass is 293 g/mol. The molecule has 1 aliphatic heterocycles. The molecule has 1 aromatic rings. The van der Waals surface area contributed by atoms with E-state index in [9.17, 15) is 4.79 Å². The van der Waals surface area contributed by atoms with Crippen LogP contribution in [0.4, 0.5) is 0 Å². The molecule has 3 nitrogen and oxygen atoms in total. The van der Waals surface area contributed by atoms with Gasteiger partial charge in [0.05, 0.1) is 11.0 Å². The van der Waals surface area contributed by atoms with Crippen molar-refractivity contribution in [3.63, 3.8) is 0 Å². The first-order valence-electron chi connectivity index (χ1n) is 7.43. The minimum Gasteiger partial charge on any atom is -0.381 e. The highest BCUT2D eigenvalue weighted by Crippen LogP contribution is 2.47. The van der Waals surface area contributed by atoms with Gasteiger partial charge in [-0.1, -0.05) is 6.92 Å². The van der Waals surface area contributed by atoms with Crippen LogP contribution in [0.3, 0.4) is 0 Å². The highest BCUT2D eigenvalue weighted by atomic mass is 32.1. The Morgan fingerprint density at radius 3 is 2.95 bits per heavy atom. The van der Waals surface area contributed by atoms with Crippen molar-refractivity contribution >= 4 is 17.2 Å². The Bertz CT molecular complexity index is 512. The molecule has 1 aromatic heterocycles. The predicted octanol–water partition coefficient (Wildman–Crippen LogP) is 3.48. The molecule has 0 spiro atoms. The summed E-state index contributed by atoms with van der Waals surface area (Å²) in [4.78, 5) is 15.8. The number of thiophene rings is 1. The molecule has 1 amide bonds. The Balaban J connectivity index is 1.81. The van der Waals surface area contributed by atoms with Crippen molar-refractivity contribution in [2.45, 2.75) is 51.7 Å². The Hall–Kier alpha value is -0.870. The Kier molecular flexibility index (Phi) is 3.63. The molecule has 3 atom stereocenters. The number of aryl methyl sites for hydroxylation is 1. The smallest absolute Gasteiger partial charge is 0.264 e. The van der Waals surface area contributed by atoms with Gasteiger partial charge in [-0.25, -0.2) is 0 Å². The molecule has 110 valence electrons. The molecule has 2 fully saturated rings. The summed E-state index contributed by atoms with van der Waals surface area (Å²) < 4.78 is 5.55. The van der Waals surface area contributed by atoms with Gasteiger partial charge in [0.25, 0.3) is 5.91 Å². The third kappa shape index (κ3) is 2.19. The number of hydrogen-bond acceptors (Lipinski definition) is 3. The summed E-state index contributed by atoms with van der Waals surface area (Å²) in [5.74, 6) is 0.238. The molecule has 3 rings (SSSR count). The van der Waals surface area contributed by atoms with Gasteiger partial charge >= 0.3 is 0 Å². The van der Waals surface area contributed by atoms with Gasteiger partial charge in [-0.2, -0.15) is 0 Å². The molecule has 2 heterocycles. The van der Waals surface area contributed by atoms with Gasteiger partial charge in [-0.3, -0.25) is 4.79 Å². The zero-order valence-corrected chi connectivity index (χ0v) is 13.3. The maximum Gasteiger partial charge on any atom is 0.264 e. The number of amides is 1. The van der Waals surface area contributed by atoms with E-state index in [2.05, 4.69) is 11.8 Å². The lowest BCUT2D eigenvalue weighted by Crippen LogP contribution is -2.46. The van der Waals surface area contributed by atoms with E-state index < -0.39 is 0 Å². The first-order valence-corrected chi connectivity index (χ1v) is 8.31. The Morgan fingerprint density at radius 1 is 1.50 bits per heavy atom. The predicted molar refractivity (Wildman–Crippen MR) is 81.3 cm³/mol. The van der Waals surface area contributed by atoms with E-state index in [1.807, 2.05) is 18.4 Å². The van der Waals surface area contributed by atoms with Crippen LogP contribution in [0.15, 0.2) is 11.4 Å². The number of hydrogen-bond donors (Lipinski definition) is 0. The lowest BCUT2D eigenvalue weighted by molar-refractivity contribution is -0.00269. The van der Waals surface area contributed by atoms with Crippen molar-refractivity contribution in [2.75, 3.05) is 13.7 Å². The van der Waals surface area contributed by atoms with Crippen molar-refractivity contribution in [3.05, 3.63) is 21.9 Å². The second-order valence-electron chi connectivity index (χ2n) is 6.49. The van der Waals surface area contributed by atoms with Gasteiger partial charge < -0.3 is 9.64 Å². The van der Waals surface area contributed by atoms with E-state index in [1.165, 1.54) is 0 Å². The molecule has 0 N–H and O–H groups in total. The van der Waals surface area contributed by atoms with Crippen LogP contribution in [0, 0.1) is 12.3 Å². The zero-order chi connectivity index (χ0) is 14.3. The number of carbonyl (C=O) groups excluding carboxylic acids is 1. The van der Waals surface area contributed by atoms with Crippen LogP contribution in [0.1, 0.15) is 47.8 Å². The largest absolute Gasteiger partial charge is 0.381 e. The molecule has 1 saturated carbocycles. The maximum absolute atomic E-state index is 12.8. The van der Waals surface area contributed by atoms with Gasteiger partial charge in [0.2, 0.25) is 0 Å². The molecular weight excluding hydrogens is 270 g/mol. The van der Waals surface area contributed by atoms with Gasteiger partial charge in [0, 0.05) is 19.7 Å². The number of fused-ring (bicyclic) bond motifs is 1. The van der Waals surface area contributed by atoms with Gasteiger partial charge in [-0.05, 0) is 55.0 Å². The summed E-state index contributed by atoms with van der Waals surface area (Å²) in [6.45, 7) is 5.26. The summed E-state index contributed by atoms with van der Waals surface area (Å²) in [6.07, 6.45) is 4.71. The van der Waals surface area contributed by atoms with Crippen LogP contribution < -0.4 is 0 Å². The number of methoxy groups -OCH3 is 1. The Labute approximate surface area is 124 Å². The number of nitrogens with zero attached hydrogens (tertiary/aromatic N) is 1. The third-order valence-corrected chi connectivity index (χ3v) is 6.22. The standard InChI is InChI=1S/C16H23NO2S/c1-11-6-9-20-14(11)15(18)17-8-7-16(2)10-12(19-3)4-5-13(16)17/h6,9,12-13H,4-5,7-8,10H2,1-3H3/t12-,13-,16+/m1/s1. The molecular formula is C16H23NO2S. The molecule has 2 aliphatic rings. The minimum absolute atomic E-state index is 0.236. The van der Waals surface area contributed by atoms with E-state index in [4.69, 9.17) is 4.74 Å². The molecule has 1 saturated heterocycles. The molecule has 20 heavy (non-hydrogen) atoms. The van der Waals surface area contributed by atoms with E-state index in [0.29, 0.717) is 12.1 Å². The molecule has 4 heteroatoms. The SMILES string of the molecule is CO[C@@H]1CC[C@H]2N(C(=O)c3sccc3C)CC[C@@]2(C)C1. The Morgan fingerprint density at radius 2 is 2.30 bits per heavy atom. The second-order valence-corrected chi connectivity index (χ2v) is 7.41. The topological polar surface area (TPSA) is 29.5 Å². The minimum atomic E-state index is 0.236. The summed E-state index contributed by atoms with van der Waals surface area (Å²) in [5, 5.41) is 2.01. The fourth-order valence-electron chi connectivity index (χ4n) is 3.95. The van der Waals surface area contributed by atoms with Crippen molar-refractivity contribution in [1.82, 2.24) is 4.90 Å². The van der Waals surface area contributed by atoms with Crippen LogP contribution in [-0.4, -0.2) is 36.6 Å². The van der Waals surface area contributed by atoms with Crippen molar-refractivity contribution in [1.29, 1.82) is 0 Å². The summed E-state index contributed by atoms with van der Waals surface area (Å²) in [7, 11) is 1.81. The zero-order valence-electron chi connectivity index (χ0n) is 12.5. The molecule has 0 radical (unpaired) electrons. The van der Waals surface area contributed by atoms with Crippen LogP contribution in [0.5, 0.6) is 0 Å². The number of likely N-dealkylation sites (tertiary alicyclic amines) is 1. The van der Waals surface area contributed by atoms with Crippen molar-refractivity contribution in [2.24, 2.45) is 5.41 Å². The fraction of sp³-hybridized carbons (Fsp3) is 0.688. The average molecular weight is 293 g/mol. The first kappa shape index (κ1) is 14.1. The molecule has 1 aliphatic carbocycles. The lowest BCUT2D eigenvalue weighted by Gasteiger charge is -2.42. The molecule has 0 unspecified atom stereocenters. The summed E-state index contributed by atoms with van der Waals surface area (Å²) in [6, 6.07) is 2.43. The van der Waals surface area contributed by atoms with Gasteiger partial charge in [-0.15, -0.1) is 11.3 Å². The number of carbonyl (C=O) groups is 1. The third-order valence-electron chi connectivity index (χ3n) is 5.21. The first-order chi connectivity index (χ1) is 9.55. The summed E-state index contributed by atoms with van der Waals surface area (Å²) >= 11 is 1.57. The molecule has 0 bridgehead atoms. The lowest BCUT2D eigenvalue weighted by atomic mass is 9.71. The van der Waals surface area contributed by atoms with Crippen LogP contribution in [-0.2, 0) is 4.74 Å².